The number of nitrogens with zero attached hydrogens (tertiary/aromatic N) is 2. The number of fused-ring (bicyclic) bond motifs is 1. The van der Waals surface area contributed by atoms with Gasteiger partial charge in [0, 0.05) is 32.2 Å². The minimum atomic E-state index is 0.0470. The fourth-order valence-corrected chi connectivity index (χ4v) is 3.23. The minimum Gasteiger partial charge on any atom is -0.508 e. The predicted molar refractivity (Wildman–Crippen MR) is 80.9 cm³/mol. The molecule has 1 aromatic rings. The van der Waals surface area contributed by atoms with Gasteiger partial charge in [-0.3, -0.25) is 4.90 Å². The first-order chi connectivity index (χ1) is 10.2. The van der Waals surface area contributed by atoms with Gasteiger partial charge < -0.3 is 14.8 Å². The van der Waals surface area contributed by atoms with Crippen LogP contribution in [0, 0.1) is 13.5 Å². The molecule has 0 spiro atoms. The van der Waals surface area contributed by atoms with Gasteiger partial charge in [-0.05, 0) is 24.1 Å². The maximum absolute atomic E-state index is 7.37. The molecule has 5 nitrogen and oxygen atoms in total. The number of hydrogen-bond donors (Lipinski definition) is 1. The average Bonchev–Trinajstić information content (AvgIpc) is 2.54. The molecular weight excluding hydrogens is 266 g/mol. The molecule has 0 aromatic heterocycles. The van der Waals surface area contributed by atoms with Gasteiger partial charge in [-0.2, -0.15) is 0 Å². The van der Waals surface area contributed by atoms with Crippen molar-refractivity contribution < 1.29 is 9.47 Å². The van der Waals surface area contributed by atoms with E-state index in [1.54, 1.807) is 7.11 Å². The lowest BCUT2D eigenvalue weighted by molar-refractivity contribution is -0.0719. The van der Waals surface area contributed by atoms with Crippen molar-refractivity contribution in [1.29, 1.82) is 0 Å². The number of piperazine rings is 1. The van der Waals surface area contributed by atoms with Gasteiger partial charge >= 0.3 is 0 Å². The molecule has 0 bridgehead atoms. The Morgan fingerprint density at radius 2 is 2.33 bits per heavy atom. The van der Waals surface area contributed by atoms with Crippen LogP contribution in [-0.4, -0.2) is 50.8 Å². The molecular formula is C16H21N3O2. The Bertz CT molecular complexity index is 567. The minimum absolute atomic E-state index is 0.0470. The summed E-state index contributed by atoms with van der Waals surface area (Å²) in [4.78, 5) is 6.12. The van der Waals surface area contributed by atoms with Gasteiger partial charge in [0.15, 0.2) is 0 Å². The lowest BCUT2D eigenvalue weighted by Gasteiger charge is -2.43. The Morgan fingerprint density at radius 3 is 3.10 bits per heavy atom. The maximum atomic E-state index is 7.37. The first-order valence-corrected chi connectivity index (χ1v) is 7.36. The molecule has 21 heavy (non-hydrogen) atoms. The summed E-state index contributed by atoms with van der Waals surface area (Å²) in [6.07, 6.45) is 0.0470. The summed E-state index contributed by atoms with van der Waals surface area (Å²) in [7, 11) is 1.60. The molecule has 2 heterocycles. The summed E-state index contributed by atoms with van der Waals surface area (Å²) in [6.45, 7) is 14.1. The predicted octanol–water partition coefficient (Wildman–Crippen LogP) is 1.90. The number of hydrogen-bond acceptors (Lipinski definition) is 4. The van der Waals surface area contributed by atoms with Crippen molar-refractivity contribution >= 4 is 5.69 Å². The van der Waals surface area contributed by atoms with E-state index in [1.165, 1.54) is 0 Å². The fraction of sp³-hybridized carbons (Fsp3) is 0.562. The highest BCUT2D eigenvalue weighted by atomic mass is 16.5. The molecule has 2 fully saturated rings. The molecule has 3 rings (SSSR count). The zero-order valence-corrected chi connectivity index (χ0v) is 12.6. The molecule has 2 saturated heterocycles. The van der Waals surface area contributed by atoms with E-state index in [2.05, 4.69) is 15.1 Å². The molecule has 0 amide bonds. The Morgan fingerprint density at radius 1 is 1.48 bits per heavy atom. The monoisotopic (exact) mass is 287 g/mol. The van der Waals surface area contributed by atoms with Crippen molar-refractivity contribution in [2.24, 2.45) is 0 Å². The maximum Gasteiger partial charge on any atom is 0.231 e. The zero-order chi connectivity index (χ0) is 14.8. The van der Waals surface area contributed by atoms with Crippen LogP contribution >= 0.6 is 0 Å². The van der Waals surface area contributed by atoms with Crippen LogP contribution in [0.3, 0.4) is 0 Å². The standard InChI is InChI=1S/C16H21N3O2/c1-11-13(4-5-14(20-3)16(11)17-2)15-9-19-7-6-18-8-12(19)10-21-15/h4-5,12,15,18H,6-10H2,1,3H3/t12-,15+/m0/s1. The molecule has 2 aliphatic heterocycles. The number of rotatable bonds is 2. The second kappa shape index (κ2) is 6.02. The van der Waals surface area contributed by atoms with Gasteiger partial charge in [0.25, 0.3) is 0 Å². The van der Waals surface area contributed by atoms with Crippen molar-refractivity contribution in [2.45, 2.75) is 19.1 Å². The first kappa shape index (κ1) is 14.3. The highest BCUT2D eigenvalue weighted by molar-refractivity contribution is 5.65. The number of benzene rings is 1. The van der Waals surface area contributed by atoms with Crippen LogP contribution in [-0.2, 0) is 4.74 Å². The van der Waals surface area contributed by atoms with Crippen molar-refractivity contribution in [2.75, 3.05) is 39.9 Å². The summed E-state index contributed by atoms with van der Waals surface area (Å²) in [5, 5.41) is 3.41. The van der Waals surface area contributed by atoms with Crippen LogP contribution in [0.4, 0.5) is 5.69 Å². The quantitative estimate of drug-likeness (QED) is 0.843. The number of morpholine rings is 1. The molecule has 2 aliphatic rings. The largest absolute Gasteiger partial charge is 0.508 e. The van der Waals surface area contributed by atoms with Crippen LogP contribution in [0.1, 0.15) is 17.2 Å². The van der Waals surface area contributed by atoms with E-state index in [0.717, 1.165) is 43.9 Å². The van der Waals surface area contributed by atoms with Crippen LogP contribution in [0.5, 0.6) is 5.75 Å². The lowest BCUT2D eigenvalue weighted by atomic mass is 9.98. The van der Waals surface area contributed by atoms with Crippen molar-refractivity contribution in [3.05, 3.63) is 34.7 Å². The zero-order valence-electron chi connectivity index (χ0n) is 12.6. The van der Waals surface area contributed by atoms with E-state index in [1.807, 2.05) is 19.1 Å². The van der Waals surface area contributed by atoms with Crippen molar-refractivity contribution in [3.63, 3.8) is 0 Å². The molecule has 0 aliphatic carbocycles. The van der Waals surface area contributed by atoms with Crippen molar-refractivity contribution in [3.8, 4) is 5.75 Å². The fourth-order valence-electron chi connectivity index (χ4n) is 3.23. The van der Waals surface area contributed by atoms with E-state index in [4.69, 9.17) is 16.0 Å². The van der Waals surface area contributed by atoms with Gasteiger partial charge in [-0.1, -0.05) is 6.07 Å². The molecule has 0 saturated carbocycles. The van der Waals surface area contributed by atoms with Crippen LogP contribution in [0.2, 0.25) is 0 Å². The second-order valence-corrected chi connectivity index (χ2v) is 5.62. The summed E-state index contributed by atoms with van der Waals surface area (Å²) in [5.41, 5.74) is 2.68. The van der Waals surface area contributed by atoms with Gasteiger partial charge in [0.05, 0.1) is 26.4 Å². The average molecular weight is 287 g/mol. The summed E-state index contributed by atoms with van der Waals surface area (Å²) in [6, 6.07) is 4.40. The smallest absolute Gasteiger partial charge is 0.231 e. The van der Waals surface area contributed by atoms with E-state index in [0.29, 0.717) is 17.5 Å². The van der Waals surface area contributed by atoms with E-state index >= 15 is 0 Å². The Kier molecular flexibility index (Phi) is 4.11. The number of nitrogens with one attached hydrogen (secondary N) is 1. The first-order valence-electron chi connectivity index (χ1n) is 7.36. The van der Waals surface area contributed by atoms with Crippen LogP contribution in [0.15, 0.2) is 12.1 Å². The third-order valence-electron chi connectivity index (χ3n) is 4.48. The Balaban J connectivity index is 1.86. The Hall–Kier alpha value is -1.61. The third kappa shape index (κ3) is 2.62. The summed E-state index contributed by atoms with van der Waals surface area (Å²) < 4.78 is 11.3. The summed E-state index contributed by atoms with van der Waals surface area (Å²) in [5.74, 6) is 0.641. The molecule has 5 heteroatoms. The van der Waals surface area contributed by atoms with Crippen LogP contribution in [0.25, 0.3) is 4.85 Å². The molecule has 2 atom stereocenters. The molecule has 112 valence electrons. The normalized spacial score (nSPS) is 26.0. The lowest BCUT2D eigenvalue weighted by Crippen LogP contribution is -2.57. The topological polar surface area (TPSA) is 38.1 Å². The van der Waals surface area contributed by atoms with E-state index in [-0.39, 0.29) is 6.10 Å². The molecule has 0 radical (unpaired) electrons. The SMILES string of the molecule is [C-]#[N+]c1c(OC)ccc([C@H]2CN3CCNC[C@H]3CO2)c1C. The van der Waals surface area contributed by atoms with Gasteiger partial charge in [-0.15, -0.1) is 0 Å². The second-order valence-electron chi connectivity index (χ2n) is 5.62. The highest BCUT2D eigenvalue weighted by Crippen LogP contribution is 2.37. The van der Waals surface area contributed by atoms with Crippen molar-refractivity contribution in [1.82, 2.24) is 10.2 Å². The third-order valence-corrected chi connectivity index (χ3v) is 4.48. The summed E-state index contributed by atoms with van der Waals surface area (Å²) >= 11 is 0. The van der Waals surface area contributed by atoms with Crippen LogP contribution < -0.4 is 10.1 Å². The number of ether oxygens (including phenoxy) is 2. The molecule has 1 N–H and O–H groups in total. The highest BCUT2D eigenvalue weighted by Gasteiger charge is 2.32. The van der Waals surface area contributed by atoms with Gasteiger partial charge in [0.2, 0.25) is 5.69 Å². The molecule has 0 unspecified atom stereocenters. The van der Waals surface area contributed by atoms with Gasteiger partial charge in [0.1, 0.15) is 5.75 Å². The number of methoxy groups -OCH3 is 1. The van der Waals surface area contributed by atoms with E-state index in [9.17, 15) is 0 Å². The molecule has 1 aromatic carbocycles. The van der Waals surface area contributed by atoms with E-state index < -0.39 is 0 Å². The Labute approximate surface area is 125 Å². The van der Waals surface area contributed by atoms with Gasteiger partial charge in [-0.25, -0.2) is 4.85 Å².